The van der Waals surface area contributed by atoms with Crippen molar-refractivity contribution in [3.63, 3.8) is 0 Å². The Balaban J connectivity index is 1.68. The zero-order valence-corrected chi connectivity index (χ0v) is 14.4. The number of nitrogens with zero attached hydrogens (tertiary/aromatic N) is 4. The van der Waals surface area contributed by atoms with Gasteiger partial charge in [-0.05, 0) is 39.0 Å². The van der Waals surface area contributed by atoms with E-state index < -0.39 is 5.67 Å². The van der Waals surface area contributed by atoms with Crippen LogP contribution in [0, 0.1) is 13.8 Å². The number of alkyl halides is 1. The molecule has 3 heterocycles. The molecule has 0 aromatic carbocycles. The first kappa shape index (κ1) is 16.6. The molecule has 1 fully saturated rings. The largest absolute Gasteiger partial charge is 0.341 e. The second kappa shape index (κ2) is 6.34. The summed E-state index contributed by atoms with van der Waals surface area (Å²) < 4.78 is 16.9. The third-order valence-electron chi connectivity index (χ3n) is 4.76. The molecule has 1 atom stereocenters. The van der Waals surface area contributed by atoms with Crippen molar-refractivity contribution < 1.29 is 9.18 Å². The minimum absolute atomic E-state index is 0.00993. The number of hydrogen-bond donors (Lipinski definition) is 0. The van der Waals surface area contributed by atoms with Gasteiger partial charge in [-0.15, -0.1) is 0 Å². The van der Waals surface area contributed by atoms with Gasteiger partial charge >= 0.3 is 0 Å². The van der Waals surface area contributed by atoms with Gasteiger partial charge in [-0.25, -0.2) is 4.39 Å². The fourth-order valence-corrected chi connectivity index (χ4v) is 3.37. The summed E-state index contributed by atoms with van der Waals surface area (Å²) in [5.74, 6) is -0.00993. The van der Waals surface area contributed by atoms with Crippen molar-refractivity contribution in [2.24, 2.45) is 0 Å². The number of pyridine rings is 1. The van der Waals surface area contributed by atoms with Gasteiger partial charge in [0.1, 0.15) is 6.04 Å². The summed E-state index contributed by atoms with van der Waals surface area (Å²) in [6.07, 6.45) is 2.16. The highest BCUT2D eigenvalue weighted by Gasteiger charge is 2.39. The molecule has 2 aromatic rings. The van der Waals surface area contributed by atoms with Crippen molar-refractivity contribution in [2.75, 3.05) is 13.1 Å². The van der Waals surface area contributed by atoms with Gasteiger partial charge in [-0.1, -0.05) is 6.07 Å². The van der Waals surface area contributed by atoms with Crippen LogP contribution in [0.5, 0.6) is 0 Å². The molecule has 1 saturated heterocycles. The van der Waals surface area contributed by atoms with E-state index in [1.165, 1.54) is 0 Å². The summed E-state index contributed by atoms with van der Waals surface area (Å²) in [7, 11) is 0. The van der Waals surface area contributed by atoms with Gasteiger partial charge in [0, 0.05) is 37.8 Å². The zero-order valence-electron chi connectivity index (χ0n) is 14.4. The number of piperidine rings is 1. The van der Waals surface area contributed by atoms with E-state index >= 15 is 4.39 Å². The van der Waals surface area contributed by atoms with Crippen LogP contribution in [0.25, 0.3) is 0 Å². The Kier molecular flexibility index (Phi) is 4.39. The molecule has 1 amide bonds. The Hall–Kier alpha value is -2.24. The molecular weight excluding hydrogens is 307 g/mol. The molecule has 6 heteroatoms. The number of halogens is 1. The lowest BCUT2D eigenvalue weighted by Crippen LogP contribution is -2.46. The summed E-state index contributed by atoms with van der Waals surface area (Å²) in [5, 5.41) is 4.39. The van der Waals surface area contributed by atoms with Crippen molar-refractivity contribution in [2.45, 2.75) is 45.3 Å². The van der Waals surface area contributed by atoms with Gasteiger partial charge in [0.05, 0.1) is 11.4 Å². The maximum absolute atomic E-state index is 15.1. The van der Waals surface area contributed by atoms with Crippen LogP contribution in [-0.2, 0) is 10.5 Å². The molecule has 5 nitrogen and oxygen atoms in total. The van der Waals surface area contributed by atoms with Crippen molar-refractivity contribution >= 4 is 5.91 Å². The number of carbonyl (C=O) groups is 1. The van der Waals surface area contributed by atoms with Gasteiger partial charge in [0.2, 0.25) is 5.91 Å². The van der Waals surface area contributed by atoms with Gasteiger partial charge in [0.25, 0.3) is 0 Å². The van der Waals surface area contributed by atoms with E-state index in [9.17, 15) is 4.79 Å². The molecule has 128 valence electrons. The van der Waals surface area contributed by atoms with Crippen LogP contribution in [0.4, 0.5) is 4.39 Å². The first-order valence-corrected chi connectivity index (χ1v) is 8.33. The third kappa shape index (κ3) is 3.05. The maximum atomic E-state index is 15.1. The Bertz CT molecular complexity index is 720. The van der Waals surface area contributed by atoms with Gasteiger partial charge in [-0.3, -0.25) is 14.5 Å². The summed E-state index contributed by atoms with van der Waals surface area (Å²) in [6.45, 7) is 6.49. The summed E-state index contributed by atoms with van der Waals surface area (Å²) in [4.78, 5) is 18.6. The number of likely N-dealkylation sites (tertiary alicyclic amines) is 1. The molecular formula is C18H23FN4O. The van der Waals surface area contributed by atoms with Crippen molar-refractivity contribution in [1.29, 1.82) is 0 Å². The molecule has 0 aliphatic carbocycles. The minimum Gasteiger partial charge on any atom is -0.341 e. The zero-order chi connectivity index (χ0) is 17.3. The quantitative estimate of drug-likeness (QED) is 0.869. The number of aryl methyl sites for hydroxylation is 2. The molecule has 0 bridgehead atoms. The number of aromatic nitrogens is 3. The molecule has 0 N–H and O–H groups in total. The lowest BCUT2D eigenvalue weighted by atomic mass is 9.89. The molecule has 0 spiro atoms. The van der Waals surface area contributed by atoms with Gasteiger partial charge in [0.15, 0.2) is 5.67 Å². The van der Waals surface area contributed by atoms with E-state index in [4.69, 9.17) is 0 Å². The van der Waals surface area contributed by atoms with Crippen LogP contribution >= 0.6 is 0 Å². The van der Waals surface area contributed by atoms with Crippen molar-refractivity contribution in [1.82, 2.24) is 19.7 Å². The predicted octanol–water partition coefficient (Wildman–Crippen LogP) is 2.94. The smallest absolute Gasteiger partial charge is 0.247 e. The summed E-state index contributed by atoms with van der Waals surface area (Å²) in [6, 6.07) is 6.87. The molecule has 3 rings (SSSR count). The highest BCUT2D eigenvalue weighted by Crippen LogP contribution is 2.36. The van der Waals surface area contributed by atoms with E-state index in [0.717, 1.165) is 11.4 Å². The number of amides is 1. The van der Waals surface area contributed by atoms with Gasteiger partial charge < -0.3 is 4.90 Å². The van der Waals surface area contributed by atoms with E-state index in [0.29, 0.717) is 18.8 Å². The number of carbonyl (C=O) groups excluding carboxylic acids is 1. The highest BCUT2D eigenvalue weighted by molar-refractivity contribution is 5.80. The molecule has 2 aromatic heterocycles. The average molecular weight is 330 g/mol. The van der Waals surface area contributed by atoms with E-state index in [1.807, 2.05) is 26.8 Å². The lowest BCUT2D eigenvalue weighted by Gasteiger charge is -2.37. The molecule has 1 aliphatic rings. The third-order valence-corrected chi connectivity index (χ3v) is 4.76. The van der Waals surface area contributed by atoms with Crippen LogP contribution in [0.2, 0.25) is 0 Å². The molecule has 0 saturated carbocycles. The Morgan fingerprint density at radius 1 is 1.29 bits per heavy atom. The summed E-state index contributed by atoms with van der Waals surface area (Å²) in [5.41, 5.74) is 0.866. The first-order valence-electron chi connectivity index (χ1n) is 8.33. The standard InChI is InChI=1S/C18H23FN4O/c1-13-12-14(2)23(21-13)15(3)17(24)22-10-7-18(19,8-11-22)16-6-4-5-9-20-16/h4-6,9,12,15H,7-8,10-11H2,1-3H3. The monoisotopic (exact) mass is 330 g/mol. The van der Waals surface area contributed by atoms with E-state index in [-0.39, 0.29) is 24.8 Å². The second-order valence-electron chi connectivity index (χ2n) is 6.55. The van der Waals surface area contributed by atoms with Crippen LogP contribution in [0.3, 0.4) is 0 Å². The van der Waals surface area contributed by atoms with E-state index in [2.05, 4.69) is 10.1 Å². The Morgan fingerprint density at radius 3 is 2.54 bits per heavy atom. The SMILES string of the molecule is Cc1cc(C)n(C(C)C(=O)N2CCC(F)(c3ccccn3)CC2)n1. The molecule has 1 unspecified atom stereocenters. The summed E-state index contributed by atoms with van der Waals surface area (Å²) >= 11 is 0. The highest BCUT2D eigenvalue weighted by atomic mass is 19.1. The van der Waals surface area contributed by atoms with Crippen LogP contribution in [0.15, 0.2) is 30.5 Å². The Labute approximate surface area is 141 Å². The molecule has 1 aliphatic heterocycles. The fraction of sp³-hybridized carbons (Fsp3) is 0.500. The fourth-order valence-electron chi connectivity index (χ4n) is 3.37. The number of hydrogen-bond acceptors (Lipinski definition) is 3. The molecule has 24 heavy (non-hydrogen) atoms. The van der Waals surface area contributed by atoms with E-state index in [1.54, 1.807) is 34.0 Å². The van der Waals surface area contributed by atoms with Crippen LogP contribution in [0.1, 0.15) is 42.9 Å². The van der Waals surface area contributed by atoms with Crippen LogP contribution < -0.4 is 0 Å². The minimum atomic E-state index is -1.44. The van der Waals surface area contributed by atoms with Crippen molar-refractivity contribution in [3.05, 3.63) is 47.5 Å². The predicted molar refractivity (Wildman–Crippen MR) is 89.2 cm³/mol. The first-order chi connectivity index (χ1) is 11.4. The average Bonchev–Trinajstić information content (AvgIpc) is 2.93. The number of rotatable bonds is 3. The Morgan fingerprint density at radius 2 is 2.00 bits per heavy atom. The maximum Gasteiger partial charge on any atom is 0.247 e. The topological polar surface area (TPSA) is 51.0 Å². The van der Waals surface area contributed by atoms with Gasteiger partial charge in [-0.2, -0.15) is 5.10 Å². The second-order valence-corrected chi connectivity index (χ2v) is 6.55. The van der Waals surface area contributed by atoms with Crippen LogP contribution in [-0.4, -0.2) is 38.7 Å². The normalized spacial score (nSPS) is 18.4. The van der Waals surface area contributed by atoms with Crippen molar-refractivity contribution in [3.8, 4) is 0 Å². The lowest BCUT2D eigenvalue weighted by molar-refractivity contribution is -0.137. The molecule has 0 radical (unpaired) electrons.